The van der Waals surface area contributed by atoms with Crippen LogP contribution < -0.4 is 0 Å². The van der Waals surface area contributed by atoms with Crippen molar-refractivity contribution in [2.75, 3.05) is 26.3 Å². The van der Waals surface area contributed by atoms with Crippen molar-refractivity contribution in [2.24, 2.45) is 5.92 Å². The maximum atomic E-state index is 5.52. The van der Waals surface area contributed by atoms with Crippen LogP contribution in [0.4, 0.5) is 0 Å². The highest BCUT2D eigenvalue weighted by atomic mass is 16.5. The molecule has 1 aromatic rings. The van der Waals surface area contributed by atoms with Gasteiger partial charge in [-0.2, -0.15) is 0 Å². The van der Waals surface area contributed by atoms with Crippen molar-refractivity contribution >= 4 is 0 Å². The Bertz CT molecular complexity index is 449. The lowest BCUT2D eigenvalue weighted by Crippen LogP contribution is -2.41. The molecule has 3 rings (SSSR count). The molecule has 0 unspecified atom stereocenters. The van der Waals surface area contributed by atoms with Crippen molar-refractivity contribution in [1.29, 1.82) is 0 Å². The normalized spacial score (nSPS) is 23.0. The molecule has 1 aliphatic heterocycles. The molecule has 1 atom stereocenters. The van der Waals surface area contributed by atoms with Gasteiger partial charge in [-0.25, -0.2) is 4.68 Å². The summed E-state index contributed by atoms with van der Waals surface area (Å²) in [4.78, 5) is 2.51. The lowest BCUT2D eigenvalue weighted by Gasteiger charge is -2.35. The lowest BCUT2D eigenvalue weighted by atomic mass is 9.95. The molecule has 1 saturated heterocycles. The molecule has 1 aromatic heterocycles. The molecule has 2 aliphatic rings. The van der Waals surface area contributed by atoms with Crippen LogP contribution in [0.5, 0.6) is 0 Å². The third kappa shape index (κ3) is 3.66. The van der Waals surface area contributed by atoms with Crippen LogP contribution in [0.15, 0.2) is 0 Å². The Morgan fingerprint density at radius 1 is 1.14 bits per heavy atom. The van der Waals surface area contributed by atoms with E-state index >= 15 is 0 Å². The van der Waals surface area contributed by atoms with Crippen LogP contribution in [0.25, 0.3) is 0 Å². The van der Waals surface area contributed by atoms with Gasteiger partial charge in [-0.1, -0.05) is 33.1 Å². The molecule has 0 amide bonds. The van der Waals surface area contributed by atoms with Gasteiger partial charge < -0.3 is 4.74 Å². The van der Waals surface area contributed by atoms with Crippen LogP contribution in [0, 0.1) is 5.92 Å². The molecule has 124 valence electrons. The maximum Gasteiger partial charge on any atom is 0.168 e. The van der Waals surface area contributed by atoms with Crippen LogP contribution in [0.1, 0.15) is 70.3 Å². The first-order valence-corrected chi connectivity index (χ1v) is 8.85. The summed E-state index contributed by atoms with van der Waals surface area (Å²) in [7, 11) is 0. The number of rotatable bonds is 5. The van der Waals surface area contributed by atoms with Gasteiger partial charge in [0.15, 0.2) is 5.82 Å². The first-order valence-electron chi connectivity index (χ1n) is 8.85. The fourth-order valence-corrected chi connectivity index (χ4v) is 3.76. The summed E-state index contributed by atoms with van der Waals surface area (Å²) in [5.74, 6) is 1.70. The summed E-state index contributed by atoms with van der Waals surface area (Å²) < 4.78 is 7.66. The summed E-state index contributed by atoms with van der Waals surface area (Å²) >= 11 is 0. The van der Waals surface area contributed by atoms with Crippen molar-refractivity contribution in [2.45, 2.75) is 64.5 Å². The van der Waals surface area contributed by atoms with E-state index in [0.717, 1.165) is 38.5 Å². The molecule has 2 heterocycles. The van der Waals surface area contributed by atoms with Crippen LogP contribution >= 0.6 is 0 Å². The van der Waals surface area contributed by atoms with E-state index < -0.39 is 0 Å². The minimum Gasteiger partial charge on any atom is -0.379 e. The zero-order valence-electron chi connectivity index (χ0n) is 13.9. The largest absolute Gasteiger partial charge is 0.379 e. The molecule has 1 aliphatic carbocycles. The monoisotopic (exact) mass is 307 g/mol. The molecule has 2 fully saturated rings. The second kappa shape index (κ2) is 7.51. The minimum absolute atomic E-state index is 0.320. The standard InChI is InChI=1S/C16H29N5O/c1-13(2)12-15(20-8-10-22-11-9-20)16-17-18-19-21(16)14-6-4-3-5-7-14/h13-15H,3-12H2,1-2H3/t15-/m1/s1. The average molecular weight is 307 g/mol. The van der Waals surface area contributed by atoms with Crippen LogP contribution in [0.3, 0.4) is 0 Å². The van der Waals surface area contributed by atoms with Gasteiger partial charge in [0, 0.05) is 13.1 Å². The topological polar surface area (TPSA) is 56.1 Å². The highest BCUT2D eigenvalue weighted by Gasteiger charge is 2.30. The zero-order chi connectivity index (χ0) is 15.4. The molecule has 0 bridgehead atoms. The van der Waals surface area contributed by atoms with Gasteiger partial charge >= 0.3 is 0 Å². The summed E-state index contributed by atoms with van der Waals surface area (Å²) in [5.41, 5.74) is 0. The highest BCUT2D eigenvalue weighted by molar-refractivity contribution is 4.97. The molecule has 6 nitrogen and oxygen atoms in total. The molecule has 1 saturated carbocycles. The quantitative estimate of drug-likeness (QED) is 0.837. The molecule has 0 aromatic carbocycles. The number of ether oxygens (including phenoxy) is 1. The van der Waals surface area contributed by atoms with Gasteiger partial charge in [-0.3, -0.25) is 4.90 Å². The molecule has 22 heavy (non-hydrogen) atoms. The SMILES string of the molecule is CC(C)C[C@H](c1nnnn1C1CCCCC1)N1CCOCC1. The third-order valence-electron chi connectivity index (χ3n) is 4.92. The third-order valence-corrected chi connectivity index (χ3v) is 4.92. The molecular weight excluding hydrogens is 278 g/mol. The van der Waals surface area contributed by atoms with Crippen molar-refractivity contribution in [3.63, 3.8) is 0 Å². The number of nitrogens with zero attached hydrogens (tertiary/aromatic N) is 5. The van der Waals surface area contributed by atoms with Crippen LogP contribution in [0.2, 0.25) is 0 Å². The number of hydrogen-bond donors (Lipinski definition) is 0. The van der Waals surface area contributed by atoms with Gasteiger partial charge in [0.05, 0.1) is 25.3 Å². The van der Waals surface area contributed by atoms with Crippen molar-refractivity contribution in [1.82, 2.24) is 25.1 Å². The Balaban J connectivity index is 1.82. The van der Waals surface area contributed by atoms with Crippen molar-refractivity contribution in [3.8, 4) is 0 Å². The summed E-state index contributed by atoms with van der Waals surface area (Å²) in [6.07, 6.45) is 7.50. The summed E-state index contributed by atoms with van der Waals surface area (Å²) in [6.45, 7) is 8.16. The predicted octanol–water partition coefficient (Wildman–Crippen LogP) is 2.60. The molecular formula is C16H29N5O. The Labute approximate surface area is 133 Å². The van der Waals surface area contributed by atoms with Gasteiger partial charge in [0.25, 0.3) is 0 Å². The second-order valence-electron chi connectivity index (χ2n) is 7.07. The first-order chi connectivity index (χ1) is 10.8. The Morgan fingerprint density at radius 3 is 2.55 bits per heavy atom. The van der Waals surface area contributed by atoms with E-state index in [-0.39, 0.29) is 0 Å². The fourth-order valence-electron chi connectivity index (χ4n) is 3.76. The van der Waals surface area contributed by atoms with Gasteiger partial charge in [-0.15, -0.1) is 5.10 Å². The Hall–Kier alpha value is -1.01. The van der Waals surface area contributed by atoms with E-state index in [1.54, 1.807) is 0 Å². The minimum atomic E-state index is 0.320. The zero-order valence-corrected chi connectivity index (χ0v) is 13.9. The van der Waals surface area contributed by atoms with E-state index in [4.69, 9.17) is 4.74 Å². The number of aromatic nitrogens is 4. The van der Waals surface area contributed by atoms with E-state index in [1.807, 2.05) is 0 Å². The van der Waals surface area contributed by atoms with Crippen molar-refractivity contribution < 1.29 is 4.74 Å². The average Bonchev–Trinajstić information content (AvgIpc) is 3.03. The molecule has 0 N–H and O–H groups in total. The number of morpholine rings is 1. The number of tetrazole rings is 1. The Morgan fingerprint density at radius 2 is 1.86 bits per heavy atom. The first kappa shape index (κ1) is 15.9. The molecule has 0 spiro atoms. The molecule has 6 heteroatoms. The highest BCUT2D eigenvalue weighted by Crippen LogP contribution is 2.32. The Kier molecular flexibility index (Phi) is 5.41. The predicted molar refractivity (Wildman–Crippen MR) is 84.5 cm³/mol. The van der Waals surface area contributed by atoms with Gasteiger partial charge in [0.1, 0.15) is 0 Å². The van der Waals surface area contributed by atoms with Gasteiger partial charge in [0.2, 0.25) is 0 Å². The second-order valence-corrected chi connectivity index (χ2v) is 7.07. The molecule has 0 radical (unpaired) electrons. The van der Waals surface area contributed by atoms with E-state index in [9.17, 15) is 0 Å². The smallest absolute Gasteiger partial charge is 0.168 e. The van der Waals surface area contributed by atoms with Crippen molar-refractivity contribution in [3.05, 3.63) is 5.82 Å². The van der Waals surface area contributed by atoms with E-state index in [0.29, 0.717) is 18.0 Å². The van der Waals surface area contributed by atoms with E-state index in [2.05, 4.69) is 39.0 Å². The fraction of sp³-hybridized carbons (Fsp3) is 0.938. The van der Waals surface area contributed by atoms with Crippen LogP contribution in [-0.2, 0) is 4.74 Å². The van der Waals surface area contributed by atoms with E-state index in [1.165, 1.54) is 32.1 Å². The lowest BCUT2D eigenvalue weighted by molar-refractivity contribution is 0.00797. The van der Waals surface area contributed by atoms with Crippen LogP contribution in [-0.4, -0.2) is 51.4 Å². The summed E-state index contributed by atoms with van der Waals surface area (Å²) in [5, 5.41) is 12.8. The summed E-state index contributed by atoms with van der Waals surface area (Å²) in [6, 6.07) is 0.815. The maximum absolute atomic E-state index is 5.52. The van der Waals surface area contributed by atoms with Gasteiger partial charge in [-0.05, 0) is 35.6 Å². The number of hydrogen-bond acceptors (Lipinski definition) is 5.